The third-order valence-electron chi connectivity index (χ3n) is 4.67. The molecule has 0 aliphatic carbocycles. The fraction of sp³-hybridized carbons (Fsp3) is 0.217. The normalized spacial score (nSPS) is 11.1. The molecule has 2 aromatic heterocycles. The van der Waals surface area contributed by atoms with Gasteiger partial charge in [-0.05, 0) is 44.3 Å². The molecule has 148 valence electrons. The van der Waals surface area contributed by atoms with Gasteiger partial charge in [0.25, 0.3) is 0 Å². The third kappa shape index (κ3) is 4.92. The van der Waals surface area contributed by atoms with Gasteiger partial charge in [-0.3, -0.25) is 4.90 Å². The van der Waals surface area contributed by atoms with Crippen LogP contribution >= 0.6 is 0 Å². The number of para-hydroxylation sites is 1. The summed E-state index contributed by atoms with van der Waals surface area (Å²) in [7, 11) is 2.08. The molecule has 0 saturated carbocycles. The highest BCUT2D eigenvalue weighted by Gasteiger charge is 2.14. The van der Waals surface area contributed by atoms with E-state index < -0.39 is 0 Å². The zero-order chi connectivity index (χ0) is 20.1. The number of benzene rings is 2. The predicted octanol–water partition coefficient (Wildman–Crippen LogP) is 4.77. The molecule has 0 spiro atoms. The fourth-order valence-electron chi connectivity index (χ4n) is 3.06. The summed E-state index contributed by atoms with van der Waals surface area (Å²) in [5, 5.41) is 0. The second-order valence-corrected chi connectivity index (χ2v) is 7.00. The van der Waals surface area contributed by atoms with Gasteiger partial charge in [0.15, 0.2) is 0 Å². The number of likely N-dealkylation sites (N-methyl/N-ethyl adjacent to an activating group) is 1. The first kappa shape index (κ1) is 19.0. The van der Waals surface area contributed by atoms with Crippen molar-refractivity contribution < 1.29 is 9.15 Å². The van der Waals surface area contributed by atoms with E-state index >= 15 is 0 Å². The van der Waals surface area contributed by atoms with Crippen molar-refractivity contribution in [2.75, 3.05) is 13.6 Å². The summed E-state index contributed by atoms with van der Waals surface area (Å²) >= 11 is 0. The molecule has 29 heavy (non-hydrogen) atoms. The van der Waals surface area contributed by atoms with Gasteiger partial charge in [0.05, 0.1) is 12.0 Å². The van der Waals surface area contributed by atoms with Crippen molar-refractivity contribution in [3.63, 3.8) is 0 Å². The molecular formula is C23H24N4O2. The predicted molar refractivity (Wildman–Crippen MR) is 112 cm³/mol. The molecule has 0 atom stereocenters. The Morgan fingerprint density at radius 2 is 1.90 bits per heavy atom. The van der Waals surface area contributed by atoms with Crippen LogP contribution in [0.25, 0.3) is 11.5 Å². The number of aryl methyl sites for hydroxylation is 1. The average Bonchev–Trinajstić information content (AvgIpc) is 3.38. The van der Waals surface area contributed by atoms with Crippen LogP contribution in [0.2, 0.25) is 0 Å². The second-order valence-electron chi connectivity index (χ2n) is 7.00. The minimum atomic E-state index is 0.610. The molecule has 2 heterocycles. The summed E-state index contributed by atoms with van der Waals surface area (Å²) in [5.74, 6) is 3.00. The summed E-state index contributed by atoms with van der Waals surface area (Å²) in [6, 6.07) is 17.5. The third-order valence-corrected chi connectivity index (χ3v) is 4.67. The number of aromatic nitrogens is 3. The molecule has 0 amide bonds. The maximum absolute atomic E-state index is 5.95. The number of oxazole rings is 1. The topological polar surface area (TPSA) is 56.3 Å². The monoisotopic (exact) mass is 388 g/mol. The minimum absolute atomic E-state index is 0.610. The van der Waals surface area contributed by atoms with Crippen molar-refractivity contribution in [1.29, 1.82) is 0 Å². The first-order valence-corrected chi connectivity index (χ1v) is 9.61. The minimum Gasteiger partial charge on any atom is -0.457 e. The molecule has 0 N–H and O–H groups in total. The Morgan fingerprint density at radius 3 is 2.69 bits per heavy atom. The molecule has 0 aliphatic rings. The van der Waals surface area contributed by atoms with Crippen LogP contribution in [0.4, 0.5) is 0 Å². The molecule has 6 heteroatoms. The van der Waals surface area contributed by atoms with E-state index in [2.05, 4.69) is 21.5 Å². The maximum atomic E-state index is 5.95. The van der Waals surface area contributed by atoms with Gasteiger partial charge in [-0.15, -0.1) is 0 Å². The average molecular weight is 388 g/mol. The Morgan fingerprint density at radius 1 is 1.07 bits per heavy atom. The van der Waals surface area contributed by atoms with Crippen LogP contribution in [0.15, 0.2) is 77.7 Å². The molecular weight excluding hydrogens is 364 g/mol. The number of hydrogen-bond acceptors (Lipinski definition) is 5. The van der Waals surface area contributed by atoms with Crippen molar-refractivity contribution in [2.24, 2.45) is 0 Å². The van der Waals surface area contributed by atoms with Gasteiger partial charge in [-0.25, -0.2) is 9.97 Å². The van der Waals surface area contributed by atoms with Crippen LogP contribution in [0.5, 0.6) is 11.5 Å². The number of rotatable bonds is 8. The van der Waals surface area contributed by atoms with Crippen LogP contribution in [0, 0.1) is 6.92 Å². The van der Waals surface area contributed by atoms with Crippen molar-refractivity contribution in [2.45, 2.75) is 20.0 Å². The van der Waals surface area contributed by atoms with Gasteiger partial charge in [-0.1, -0.05) is 24.3 Å². The highest BCUT2D eigenvalue weighted by atomic mass is 16.5. The molecule has 0 saturated heterocycles. The Kier molecular flexibility index (Phi) is 5.72. The highest BCUT2D eigenvalue weighted by Crippen LogP contribution is 2.28. The molecule has 4 aromatic rings. The fourth-order valence-corrected chi connectivity index (χ4v) is 3.06. The lowest BCUT2D eigenvalue weighted by Crippen LogP contribution is -2.23. The highest BCUT2D eigenvalue weighted by molar-refractivity contribution is 5.57. The van der Waals surface area contributed by atoms with E-state index in [0.717, 1.165) is 48.2 Å². The number of ether oxygens (including phenoxy) is 1. The summed E-state index contributed by atoms with van der Waals surface area (Å²) in [6.07, 6.45) is 5.60. The molecule has 2 aromatic carbocycles. The van der Waals surface area contributed by atoms with E-state index in [9.17, 15) is 0 Å². The van der Waals surface area contributed by atoms with E-state index in [1.54, 1.807) is 6.20 Å². The Labute approximate surface area is 170 Å². The zero-order valence-corrected chi connectivity index (χ0v) is 16.7. The Balaban J connectivity index is 1.44. The molecule has 0 aliphatic heterocycles. The molecule has 4 rings (SSSR count). The number of imidazole rings is 1. The number of nitrogens with zero attached hydrogens (tertiary/aromatic N) is 4. The largest absolute Gasteiger partial charge is 0.457 e. The Bertz CT molecular complexity index is 1040. The molecule has 0 unspecified atom stereocenters. The summed E-state index contributed by atoms with van der Waals surface area (Å²) in [6.45, 7) is 4.47. The van der Waals surface area contributed by atoms with Crippen molar-refractivity contribution in [3.8, 4) is 23.0 Å². The first-order chi connectivity index (χ1) is 14.2. The van der Waals surface area contributed by atoms with E-state index in [1.807, 2.05) is 74.0 Å². The standard InChI is InChI=1S/C23H24N4O2/c1-18-22(16-26(2)13-14-27-12-11-24-17-27)25-23(28-18)19-7-6-10-21(15-19)29-20-8-4-3-5-9-20/h3-12,15,17H,13-14,16H2,1-2H3. The lowest BCUT2D eigenvalue weighted by molar-refractivity contribution is 0.306. The van der Waals surface area contributed by atoms with Gasteiger partial charge < -0.3 is 13.7 Å². The second kappa shape index (κ2) is 8.75. The van der Waals surface area contributed by atoms with Crippen LogP contribution < -0.4 is 4.74 Å². The summed E-state index contributed by atoms with van der Waals surface area (Å²) < 4.78 is 13.9. The van der Waals surface area contributed by atoms with E-state index in [-0.39, 0.29) is 0 Å². The lowest BCUT2D eigenvalue weighted by Gasteiger charge is -2.15. The van der Waals surface area contributed by atoms with E-state index in [4.69, 9.17) is 14.1 Å². The number of hydrogen-bond donors (Lipinski definition) is 0. The maximum Gasteiger partial charge on any atom is 0.226 e. The molecule has 6 nitrogen and oxygen atoms in total. The molecule has 0 fully saturated rings. The van der Waals surface area contributed by atoms with Gasteiger partial charge in [0, 0.05) is 37.6 Å². The quantitative estimate of drug-likeness (QED) is 0.435. The van der Waals surface area contributed by atoms with E-state index in [0.29, 0.717) is 5.89 Å². The van der Waals surface area contributed by atoms with E-state index in [1.165, 1.54) is 0 Å². The molecule has 0 radical (unpaired) electrons. The van der Waals surface area contributed by atoms with Gasteiger partial charge in [-0.2, -0.15) is 0 Å². The summed E-state index contributed by atoms with van der Waals surface area (Å²) in [4.78, 5) is 11.0. The lowest BCUT2D eigenvalue weighted by atomic mass is 10.2. The van der Waals surface area contributed by atoms with Crippen molar-refractivity contribution in [1.82, 2.24) is 19.4 Å². The van der Waals surface area contributed by atoms with Crippen LogP contribution in [-0.4, -0.2) is 33.0 Å². The smallest absolute Gasteiger partial charge is 0.226 e. The SMILES string of the molecule is Cc1oc(-c2cccc(Oc3ccccc3)c2)nc1CN(C)CCn1ccnc1. The van der Waals surface area contributed by atoms with Gasteiger partial charge in [0.1, 0.15) is 17.3 Å². The first-order valence-electron chi connectivity index (χ1n) is 9.61. The molecule has 0 bridgehead atoms. The van der Waals surface area contributed by atoms with Crippen molar-refractivity contribution >= 4 is 0 Å². The van der Waals surface area contributed by atoms with Crippen molar-refractivity contribution in [3.05, 3.63) is 84.8 Å². The van der Waals surface area contributed by atoms with Crippen LogP contribution in [-0.2, 0) is 13.1 Å². The Hall–Kier alpha value is -3.38. The van der Waals surface area contributed by atoms with Crippen LogP contribution in [0.3, 0.4) is 0 Å². The van der Waals surface area contributed by atoms with Crippen LogP contribution in [0.1, 0.15) is 11.5 Å². The van der Waals surface area contributed by atoms with Gasteiger partial charge >= 0.3 is 0 Å². The van der Waals surface area contributed by atoms with Gasteiger partial charge in [0.2, 0.25) is 5.89 Å². The zero-order valence-electron chi connectivity index (χ0n) is 16.7. The summed E-state index contributed by atoms with van der Waals surface area (Å²) in [5.41, 5.74) is 1.84.